The van der Waals surface area contributed by atoms with E-state index < -0.39 is 22.0 Å². The van der Waals surface area contributed by atoms with Crippen LogP contribution in [0.4, 0.5) is 5.69 Å². The van der Waals surface area contributed by atoms with Crippen LogP contribution < -0.4 is 5.73 Å². The van der Waals surface area contributed by atoms with Crippen LogP contribution in [0.2, 0.25) is 0 Å². The first kappa shape index (κ1) is 15.6. The lowest BCUT2D eigenvalue weighted by molar-refractivity contribution is -0.146. The minimum absolute atomic E-state index is 0.163. The molecule has 1 atom stereocenters. The van der Waals surface area contributed by atoms with E-state index in [2.05, 4.69) is 0 Å². The fourth-order valence-corrected chi connectivity index (χ4v) is 5.91. The van der Waals surface area contributed by atoms with Gasteiger partial charge in [-0.25, -0.2) is 8.42 Å². The first-order chi connectivity index (χ1) is 9.46. The Labute approximate surface area is 126 Å². The van der Waals surface area contributed by atoms with Gasteiger partial charge in [0.2, 0.25) is 0 Å². The number of nitrogens with zero attached hydrogens (tertiary/aromatic N) is 1. The molecule has 1 aliphatic heterocycles. The van der Waals surface area contributed by atoms with Crippen molar-refractivity contribution in [1.29, 1.82) is 0 Å². The molecule has 0 aliphatic carbocycles. The molecular weight excluding hydrogens is 320 g/mol. The number of ether oxygens (including phenoxy) is 1. The summed E-state index contributed by atoms with van der Waals surface area (Å²) in [4.78, 5) is 11.9. The second-order valence-corrected chi connectivity index (χ2v) is 8.34. The van der Waals surface area contributed by atoms with Gasteiger partial charge >= 0.3 is 5.97 Å². The molecule has 0 amide bonds. The summed E-state index contributed by atoms with van der Waals surface area (Å²) in [6.07, 6.45) is 0. The number of thioether (sulfide) groups is 1. The molecule has 0 saturated carbocycles. The third kappa shape index (κ3) is 3.11. The number of thiophene rings is 1. The Bertz CT molecular complexity index is 584. The van der Waals surface area contributed by atoms with E-state index in [4.69, 9.17) is 10.5 Å². The van der Waals surface area contributed by atoms with Gasteiger partial charge in [-0.05, 0) is 13.0 Å². The molecule has 1 saturated heterocycles. The van der Waals surface area contributed by atoms with Gasteiger partial charge < -0.3 is 10.5 Å². The van der Waals surface area contributed by atoms with Gasteiger partial charge in [0.05, 0.1) is 6.61 Å². The van der Waals surface area contributed by atoms with Crippen molar-refractivity contribution in [3.05, 3.63) is 11.4 Å². The number of nitrogens with two attached hydrogens (primary N) is 1. The highest BCUT2D eigenvalue weighted by atomic mass is 32.2. The maximum atomic E-state index is 12.6. The van der Waals surface area contributed by atoms with E-state index in [-0.39, 0.29) is 10.8 Å². The minimum Gasteiger partial charge on any atom is -0.465 e. The smallest absolute Gasteiger partial charge is 0.325 e. The van der Waals surface area contributed by atoms with Gasteiger partial charge in [-0.2, -0.15) is 16.1 Å². The average Bonchev–Trinajstić information content (AvgIpc) is 2.86. The Balaban J connectivity index is 2.29. The van der Waals surface area contributed by atoms with Crippen LogP contribution >= 0.6 is 23.1 Å². The molecule has 20 heavy (non-hydrogen) atoms. The second-order valence-electron chi connectivity index (χ2n) is 4.16. The molecule has 0 bridgehead atoms. The number of nitrogen functional groups attached to an aromatic ring is 1. The van der Waals surface area contributed by atoms with E-state index >= 15 is 0 Å². The number of hydrogen-bond donors (Lipinski definition) is 1. The lowest BCUT2D eigenvalue weighted by Crippen LogP contribution is -2.50. The molecule has 6 nitrogen and oxygen atoms in total. The molecule has 9 heteroatoms. The Morgan fingerprint density at radius 1 is 1.60 bits per heavy atom. The number of carbonyl (C=O) groups excluding carboxylic acids is 1. The third-order valence-electron chi connectivity index (χ3n) is 2.80. The van der Waals surface area contributed by atoms with Crippen molar-refractivity contribution in [2.75, 3.05) is 30.4 Å². The SMILES string of the molecule is CCOC(=O)C1CSCCN1S(=O)(=O)c1cc(N)cs1. The molecular formula is C11H16N2O4S3. The molecule has 0 radical (unpaired) electrons. The van der Waals surface area contributed by atoms with Crippen LogP contribution in [-0.2, 0) is 19.6 Å². The molecule has 2 heterocycles. The summed E-state index contributed by atoms with van der Waals surface area (Å²) in [7, 11) is -3.70. The molecule has 1 fully saturated rings. The normalized spacial score (nSPS) is 20.8. The van der Waals surface area contributed by atoms with Crippen LogP contribution in [0.3, 0.4) is 0 Å². The van der Waals surface area contributed by atoms with Crippen LogP contribution in [0.5, 0.6) is 0 Å². The molecule has 0 aromatic carbocycles. The van der Waals surface area contributed by atoms with Crippen LogP contribution in [-0.4, -0.2) is 49.4 Å². The molecule has 1 aliphatic rings. The van der Waals surface area contributed by atoms with Crippen molar-refractivity contribution in [2.24, 2.45) is 0 Å². The van der Waals surface area contributed by atoms with Crippen molar-refractivity contribution in [3.63, 3.8) is 0 Å². The van der Waals surface area contributed by atoms with Crippen molar-refractivity contribution < 1.29 is 17.9 Å². The predicted molar refractivity (Wildman–Crippen MR) is 80.4 cm³/mol. The zero-order valence-corrected chi connectivity index (χ0v) is 13.4. The Hall–Kier alpha value is -0.770. The number of anilines is 1. The monoisotopic (exact) mass is 336 g/mol. The van der Waals surface area contributed by atoms with Gasteiger partial charge in [0.1, 0.15) is 10.3 Å². The Kier molecular flexibility index (Phi) is 4.95. The summed E-state index contributed by atoms with van der Waals surface area (Å²) in [6.45, 7) is 2.24. The zero-order valence-electron chi connectivity index (χ0n) is 10.9. The van der Waals surface area contributed by atoms with Crippen LogP contribution in [0.1, 0.15) is 6.92 Å². The number of rotatable bonds is 4. The Morgan fingerprint density at radius 3 is 2.95 bits per heavy atom. The summed E-state index contributed by atoms with van der Waals surface area (Å²) >= 11 is 2.61. The van der Waals surface area contributed by atoms with E-state index in [1.807, 2.05) is 0 Å². The third-order valence-corrected chi connectivity index (χ3v) is 7.16. The fourth-order valence-electron chi connectivity index (χ4n) is 1.88. The second kappa shape index (κ2) is 6.33. The van der Waals surface area contributed by atoms with E-state index in [1.165, 1.54) is 10.4 Å². The summed E-state index contributed by atoms with van der Waals surface area (Å²) in [6, 6.07) is 0.659. The van der Waals surface area contributed by atoms with Gasteiger partial charge in [0.15, 0.2) is 0 Å². The van der Waals surface area contributed by atoms with Gasteiger partial charge in [-0.15, -0.1) is 11.3 Å². The predicted octanol–water partition coefficient (Wildman–Crippen LogP) is 0.999. The van der Waals surface area contributed by atoms with Gasteiger partial charge in [0, 0.05) is 29.1 Å². The summed E-state index contributed by atoms with van der Waals surface area (Å²) in [5, 5.41) is 1.57. The number of hydrogen-bond acceptors (Lipinski definition) is 7. The first-order valence-electron chi connectivity index (χ1n) is 6.07. The van der Waals surface area contributed by atoms with Crippen molar-refractivity contribution in [2.45, 2.75) is 17.2 Å². The average molecular weight is 336 g/mol. The standard InChI is InChI=1S/C11H16N2O4S3/c1-2-17-11(14)9-7-18-4-3-13(9)20(15,16)10-5-8(12)6-19-10/h5-6,9H,2-4,7,12H2,1H3. The number of sulfonamides is 1. The van der Waals surface area contributed by atoms with E-state index in [0.29, 0.717) is 23.7 Å². The van der Waals surface area contributed by atoms with Crippen molar-refractivity contribution >= 4 is 44.8 Å². The van der Waals surface area contributed by atoms with Gasteiger partial charge in [-0.1, -0.05) is 0 Å². The van der Waals surface area contributed by atoms with Crippen molar-refractivity contribution in [3.8, 4) is 0 Å². The molecule has 112 valence electrons. The zero-order chi connectivity index (χ0) is 14.8. The van der Waals surface area contributed by atoms with Crippen molar-refractivity contribution in [1.82, 2.24) is 4.31 Å². The quantitative estimate of drug-likeness (QED) is 0.825. The maximum absolute atomic E-state index is 12.6. The molecule has 1 unspecified atom stereocenters. The minimum atomic E-state index is -3.70. The van der Waals surface area contributed by atoms with Gasteiger partial charge in [-0.3, -0.25) is 4.79 Å². The van der Waals surface area contributed by atoms with E-state index in [9.17, 15) is 13.2 Å². The highest BCUT2D eigenvalue weighted by Crippen LogP contribution is 2.29. The highest BCUT2D eigenvalue weighted by molar-refractivity contribution is 7.99. The number of esters is 1. The molecule has 2 rings (SSSR count). The molecule has 1 aromatic rings. The lowest BCUT2D eigenvalue weighted by atomic mass is 10.3. The largest absolute Gasteiger partial charge is 0.465 e. The first-order valence-corrected chi connectivity index (χ1v) is 9.54. The van der Waals surface area contributed by atoms with Crippen LogP contribution in [0.15, 0.2) is 15.7 Å². The summed E-state index contributed by atoms with van der Waals surface area (Å²) in [5.41, 5.74) is 5.99. The Morgan fingerprint density at radius 2 is 2.35 bits per heavy atom. The fraction of sp³-hybridized carbons (Fsp3) is 0.545. The van der Waals surface area contributed by atoms with E-state index in [0.717, 1.165) is 11.3 Å². The van der Waals surface area contributed by atoms with Crippen LogP contribution in [0.25, 0.3) is 0 Å². The van der Waals surface area contributed by atoms with Gasteiger partial charge in [0.25, 0.3) is 10.0 Å². The molecule has 1 aromatic heterocycles. The molecule has 0 spiro atoms. The summed E-state index contributed by atoms with van der Waals surface area (Å²) in [5.74, 6) is 0.586. The maximum Gasteiger partial charge on any atom is 0.325 e. The summed E-state index contributed by atoms with van der Waals surface area (Å²) < 4.78 is 31.5. The lowest BCUT2D eigenvalue weighted by Gasteiger charge is -2.32. The molecule has 2 N–H and O–H groups in total. The topological polar surface area (TPSA) is 89.7 Å². The number of carbonyl (C=O) groups is 1. The van der Waals surface area contributed by atoms with Crippen LogP contribution in [0, 0.1) is 0 Å². The highest BCUT2D eigenvalue weighted by Gasteiger charge is 2.39. The van der Waals surface area contributed by atoms with E-state index in [1.54, 1.807) is 24.1 Å².